The Morgan fingerprint density at radius 1 is 0.958 bits per heavy atom. The number of nitrogens with zero attached hydrogens (tertiary/aromatic N) is 2. The van der Waals surface area contributed by atoms with E-state index in [9.17, 15) is 0 Å². The Labute approximate surface area is 150 Å². The van der Waals surface area contributed by atoms with Crippen molar-refractivity contribution in [2.75, 3.05) is 10.6 Å². The fraction of sp³-hybridized carbons (Fsp3) is 0.111. The van der Waals surface area contributed by atoms with Gasteiger partial charge in [-0.2, -0.15) is 4.98 Å². The minimum Gasteiger partial charge on any atom is -0.350 e. The van der Waals surface area contributed by atoms with Gasteiger partial charge in [0.1, 0.15) is 5.82 Å². The molecule has 4 nitrogen and oxygen atoms in total. The lowest BCUT2D eigenvalue weighted by Gasteiger charge is -2.11. The maximum absolute atomic E-state index is 6.18. The van der Waals surface area contributed by atoms with Crippen LogP contribution in [0.4, 0.5) is 17.5 Å². The molecule has 0 spiro atoms. The fourth-order valence-corrected chi connectivity index (χ4v) is 2.50. The molecule has 6 heteroatoms. The van der Waals surface area contributed by atoms with Gasteiger partial charge in [0.15, 0.2) is 0 Å². The van der Waals surface area contributed by atoms with Crippen LogP contribution < -0.4 is 10.6 Å². The zero-order chi connectivity index (χ0) is 16.9. The van der Waals surface area contributed by atoms with Crippen molar-refractivity contribution in [2.45, 2.75) is 13.5 Å². The molecular weight excluding hydrogens is 343 g/mol. The minimum absolute atomic E-state index is 0.555. The van der Waals surface area contributed by atoms with E-state index in [4.69, 9.17) is 23.2 Å². The molecular formula is C18H16Cl2N4. The highest BCUT2D eigenvalue weighted by Gasteiger charge is 2.05. The lowest BCUT2D eigenvalue weighted by atomic mass is 10.2. The predicted octanol–water partition coefficient (Wildman–Crippen LogP) is 5.45. The van der Waals surface area contributed by atoms with Crippen molar-refractivity contribution in [1.82, 2.24) is 9.97 Å². The van der Waals surface area contributed by atoms with Crippen LogP contribution in [0.25, 0.3) is 0 Å². The molecule has 1 aromatic heterocycles. The van der Waals surface area contributed by atoms with Crippen molar-refractivity contribution < 1.29 is 0 Å². The molecule has 0 saturated carbocycles. The van der Waals surface area contributed by atoms with Gasteiger partial charge in [-0.05, 0) is 36.8 Å². The van der Waals surface area contributed by atoms with Gasteiger partial charge in [0.25, 0.3) is 0 Å². The molecule has 0 amide bonds. The van der Waals surface area contributed by atoms with E-state index in [1.54, 1.807) is 0 Å². The highest BCUT2D eigenvalue weighted by molar-refractivity contribution is 6.33. The molecule has 24 heavy (non-hydrogen) atoms. The van der Waals surface area contributed by atoms with Crippen molar-refractivity contribution in [1.29, 1.82) is 0 Å². The maximum atomic E-state index is 6.18. The summed E-state index contributed by atoms with van der Waals surface area (Å²) >= 11 is 12.1. The Bertz CT molecular complexity index is 835. The number of hydrogen-bond acceptors (Lipinski definition) is 4. The van der Waals surface area contributed by atoms with Crippen LogP contribution >= 0.6 is 23.2 Å². The average molecular weight is 359 g/mol. The van der Waals surface area contributed by atoms with Gasteiger partial charge < -0.3 is 10.6 Å². The Hall–Kier alpha value is -2.30. The van der Waals surface area contributed by atoms with E-state index in [0.717, 1.165) is 22.0 Å². The minimum atomic E-state index is 0.555. The van der Waals surface area contributed by atoms with Crippen molar-refractivity contribution in [3.8, 4) is 0 Å². The second-order valence-corrected chi connectivity index (χ2v) is 6.15. The molecule has 3 rings (SSSR count). The Balaban J connectivity index is 1.74. The highest BCUT2D eigenvalue weighted by Crippen LogP contribution is 2.24. The number of anilines is 3. The third-order valence-electron chi connectivity index (χ3n) is 3.35. The van der Waals surface area contributed by atoms with E-state index < -0.39 is 0 Å². The number of nitrogens with one attached hydrogen (secondary N) is 2. The quantitative estimate of drug-likeness (QED) is 0.636. The van der Waals surface area contributed by atoms with Gasteiger partial charge in [-0.1, -0.05) is 47.5 Å². The molecule has 2 N–H and O–H groups in total. The van der Waals surface area contributed by atoms with E-state index in [1.165, 1.54) is 0 Å². The van der Waals surface area contributed by atoms with Gasteiger partial charge in [0.2, 0.25) is 5.95 Å². The molecule has 0 radical (unpaired) electrons. The van der Waals surface area contributed by atoms with Crippen molar-refractivity contribution in [3.63, 3.8) is 0 Å². The van der Waals surface area contributed by atoms with Crippen LogP contribution in [0.1, 0.15) is 11.3 Å². The first-order valence-electron chi connectivity index (χ1n) is 7.46. The Morgan fingerprint density at radius 2 is 1.71 bits per heavy atom. The van der Waals surface area contributed by atoms with E-state index in [-0.39, 0.29) is 0 Å². The summed E-state index contributed by atoms with van der Waals surface area (Å²) in [7, 11) is 0. The van der Waals surface area contributed by atoms with Gasteiger partial charge in [0.05, 0.1) is 10.7 Å². The van der Waals surface area contributed by atoms with Gasteiger partial charge >= 0.3 is 0 Å². The molecule has 0 aliphatic rings. The molecule has 0 atom stereocenters. The van der Waals surface area contributed by atoms with E-state index in [1.807, 2.05) is 61.5 Å². The average Bonchev–Trinajstić information content (AvgIpc) is 2.56. The molecule has 0 aliphatic heterocycles. The van der Waals surface area contributed by atoms with Gasteiger partial charge in [-0.25, -0.2) is 4.98 Å². The first-order chi connectivity index (χ1) is 11.6. The topological polar surface area (TPSA) is 49.8 Å². The normalized spacial score (nSPS) is 10.5. The number of halogens is 2. The molecule has 3 aromatic rings. The molecule has 0 saturated heterocycles. The summed E-state index contributed by atoms with van der Waals surface area (Å²) in [4.78, 5) is 8.89. The first kappa shape index (κ1) is 16.6. The van der Waals surface area contributed by atoms with Gasteiger partial charge in [0, 0.05) is 23.3 Å². The largest absolute Gasteiger partial charge is 0.350 e. The van der Waals surface area contributed by atoms with Gasteiger partial charge in [-0.15, -0.1) is 0 Å². The van der Waals surface area contributed by atoms with E-state index in [2.05, 4.69) is 20.6 Å². The molecule has 122 valence electrons. The summed E-state index contributed by atoms with van der Waals surface area (Å²) < 4.78 is 0. The SMILES string of the molecule is Cc1cc(Nc2ccccc2Cl)nc(NCc2ccc(Cl)cc2)n1. The number of aryl methyl sites for hydroxylation is 1. The monoisotopic (exact) mass is 358 g/mol. The molecule has 1 heterocycles. The Kier molecular flexibility index (Phi) is 5.18. The van der Waals surface area contributed by atoms with Crippen molar-refractivity contribution in [2.24, 2.45) is 0 Å². The maximum Gasteiger partial charge on any atom is 0.225 e. The summed E-state index contributed by atoms with van der Waals surface area (Å²) in [6.45, 7) is 2.54. The molecule has 0 aliphatic carbocycles. The van der Waals surface area contributed by atoms with Crippen LogP contribution in [-0.2, 0) is 6.54 Å². The van der Waals surface area contributed by atoms with Crippen LogP contribution in [0.5, 0.6) is 0 Å². The van der Waals surface area contributed by atoms with Gasteiger partial charge in [-0.3, -0.25) is 0 Å². The van der Waals surface area contributed by atoms with Crippen LogP contribution in [0.15, 0.2) is 54.6 Å². The highest BCUT2D eigenvalue weighted by atomic mass is 35.5. The lowest BCUT2D eigenvalue weighted by molar-refractivity contribution is 1.03. The fourth-order valence-electron chi connectivity index (χ4n) is 2.20. The van der Waals surface area contributed by atoms with E-state index in [0.29, 0.717) is 23.3 Å². The number of aromatic nitrogens is 2. The zero-order valence-corrected chi connectivity index (χ0v) is 14.6. The Morgan fingerprint density at radius 3 is 2.46 bits per heavy atom. The number of rotatable bonds is 5. The summed E-state index contributed by atoms with van der Waals surface area (Å²) in [5, 5.41) is 7.80. The number of benzene rings is 2. The second-order valence-electron chi connectivity index (χ2n) is 5.30. The lowest BCUT2D eigenvalue weighted by Crippen LogP contribution is -2.06. The first-order valence-corrected chi connectivity index (χ1v) is 8.21. The summed E-state index contributed by atoms with van der Waals surface area (Å²) in [6.07, 6.45) is 0. The third-order valence-corrected chi connectivity index (χ3v) is 3.94. The molecule has 0 unspecified atom stereocenters. The number of hydrogen-bond donors (Lipinski definition) is 2. The molecule has 2 aromatic carbocycles. The summed E-state index contributed by atoms with van der Waals surface area (Å²) in [5.41, 5.74) is 2.77. The number of para-hydroxylation sites is 1. The third kappa shape index (κ3) is 4.37. The van der Waals surface area contributed by atoms with Crippen LogP contribution in [0, 0.1) is 6.92 Å². The van der Waals surface area contributed by atoms with Crippen LogP contribution in [0.3, 0.4) is 0 Å². The van der Waals surface area contributed by atoms with Crippen molar-refractivity contribution >= 4 is 40.7 Å². The van der Waals surface area contributed by atoms with E-state index >= 15 is 0 Å². The standard InChI is InChI=1S/C18H16Cl2N4/c1-12-10-17(23-16-5-3-2-4-15(16)20)24-18(22-12)21-11-13-6-8-14(19)9-7-13/h2-10H,11H2,1H3,(H2,21,22,23,24). The second kappa shape index (κ2) is 7.51. The summed E-state index contributed by atoms with van der Waals surface area (Å²) in [6, 6.07) is 17.1. The van der Waals surface area contributed by atoms with Crippen LogP contribution in [0.2, 0.25) is 10.0 Å². The molecule has 0 fully saturated rings. The van der Waals surface area contributed by atoms with Crippen molar-refractivity contribution in [3.05, 3.63) is 75.9 Å². The smallest absolute Gasteiger partial charge is 0.225 e. The molecule has 0 bridgehead atoms. The van der Waals surface area contributed by atoms with Crippen LogP contribution in [-0.4, -0.2) is 9.97 Å². The summed E-state index contributed by atoms with van der Waals surface area (Å²) in [5.74, 6) is 1.24. The zero-order valence-electron chi connectivity index (χ0n) is 13.1. The predicted molar refractivity (Wildman–Crippen MR) is 100 cm³/mol.